The van der Waals surface area contributed by atoms with Crippen molar-refractivity contribution in [1.29, 1.82) is 5.26 Å². The highest BCUT2D eigenvalue weighted by atomic mass is 32.1. The molecule has 1 aliphatic carbocycles. The number of hydrogen-bond acceptors (Lipinski definition) is 9. The van der Waals surface area contributed by atoms with Crippen molar-refractivity contribution >= 4 is 50.7 Å². The SMILES string of the molecule is C=C(c1sc(Nc2ccc(C(=O)NC3CCOC3=O)cc2)c(C#N)c1N)c1c(C2=CCCC=C2)noc1C. The molecule has 0 spiro atoms. The van der Waals surface area contributed by atoms with Gasteiger partial charge in [0.25, 0.3) is 5.91 Å². The summed E-state index contributed by atoms with van der Waals surface area (Å²) < 4.78 is 10.4. The Morgan fingerprint density at radius 1 is 1.29 bits per heavy atom. The Morgan fingerprint density at radius 3 is 2.74 bits per heavy atom. The summed E-state index contributed by atoms with van der Waals surface area (Å²) in [7, 11) is 0. The number of ether oxygens (including phenoxy) is 1. The van der Waals surface area contributed by atoms with Crippen molar-refractivity contribution in [3.05, 3.63) is 82.1 Å². The number of anilines is 3. The normalized spacial score (nSPS) is 16.5. The number of thiophene rings is 1. The van der Waals surface area contributed by atoms with E-state index in [1.807, 2.05) is 13.0 Å². The molecule has 3 aromatic rings. The van der Waals surface area contributed by atoms with Crippen LogP contribution in [-0.2, 0) is 9.53 Å². The number of nitrogens with zero attached hydrogens (tertiary/aromatic N) is 2. The minimum absolute atomic E-state index is 0.305. The third kappa shape index (κ3) is 4.71. The minimum atomic E-state index is -0.626. The summed E-state index contributed by atoms with van der Waals surface area (Å²) in [5, 5.41) is 20.6. The molecule has 1 aromatic carbocycles. The monoisotopic (exact) mass is 527 g/mol. The molecule has 2 aliphatic rings. The van der Waals surface area contributed by atoms with Crippen LogP contribution in [0.25, 0.3) is 11.1 Å². The van der Waals surface area contributed by atoms with Crippen LogP contribution in [0.15, 0.2) is 53.6 Å². The van der Waals surface area contributed by atoms with Crippen molar-refractivity contribution < 1.29 is 18.8 Å². The molecule has 38 heavy (non-hydrogen) atoms. The van der Waals surface area contributed by atoms with Crippen LogP contribution in [0, 0.1) is 18.3 Å². The zero-order valence-electron chi connectivity index (χ0n) is 20.7. The first-order chi connectivity index (χ1) is 18.4. The Labute approximate surface area is 223 Å². The van der Waals surface area contributed by atoms with Gasteiger partial charge in [0.1, 0.15) is 34.1 Å². The molecule has 4 N–H and O–H groups in total. The van der Waals surface area contributed by atoms with E-state index >= 15 is 0 Å². The van der Waals surface area contributed by atoms with Gasteiger partial charge < -0.3 is 25.6 Å². The highest BCUT2D eigenvalue weighted by molar-refractivity contribution is 7.18. The molecule has 1 atom stereocenters. The molecule has 1 amide bonds. The van der Waals surface area contributed by atoms with Gasteiger partial charge in [0.2, 0.25) is 0 Å². The zero-order chi connectivity index (χ0) is 26.8. The Morgan fingerprint density at radius 2 is 2.08 bits per heavy atom. The van der Waals surface area contributed by atoms with Gasteiger partial charge in [0, 0.05) is 23.2 Å². The summed E-state index contributed by atoms with van der Waals surface area (Å²) in [4.78, 5) is 24.8. The summed E-state index contributed by atoms with van der Waals surface area (Å²) in [5.74, 6) is -0.167. The molecule has 5 rings (SSSR count). The Hall–Kier alpha value is -4.62. The fourth-order valence-electron chi connectivity index (χ4n) is 4.40. The van der Waals surface area contributed by atoms with Crippen molar-refractivity contribution in [1.82, 2.24) is 10.5 Å². The topological polar surface area (TPSA) is 143 Å². The Bertz CT molecular complexity index is 1540. The smallest absolute Gasteiger partial charge is 0.328 e. The first kappa shape index (κ1) is 25.0. The van der Waals surface area contributed by atoms with Crippen LogP contribution < -0.4 is 16.4 Å². The lowest BCUT2D eigenvalue weighted by Gasteiger charge is -2.10. The van der Waals surface area contributed by atoms with Gasteiger partial charge in [-0.1, -0.05) is 30.0 Å². The van der Waals surface area contributed by atoms with Crippen LogP contribution in [-0.4, -0.2) is 29.7 Å². The number of cyclic esters (lactones) is 1. The van der Waals surface area contributed by atoms with Gasteiger partial charge in [0.15, 0.2) is 0 Å². The summed E-state index contributed by atoms with van der Waals surface area (Å²) >= 11 is 1.31. The molecule has 0 bridgehead atoms. The quantitative estimate of drug-likeness (QED) is 0.361. The lowest BCUT2D eigenvalue weighted by Crippen LogP contribution is -2.37. The van der Waals surface area contributed by atoms with Gasteiger partial charge in [-0.05, 0) is 49.6 Å². The van der Waals surface area contributed by atoms with E-state index in [4.69, 9.17) is 15.0 Å². The van der Waals surface area contributed by atoms with Crippen molar-refractivity contribution in [2.45, 2.75) is 32.2 Å². The van der Waals surface area contributed by atoms with Crippen molar-refractivity contribution in [3.8, 4) is 6.07 Å². The van der Waals surface area contributed by atoms with E-state index in [9.17, 15) is 14.9 Å². The van der Waals surface area contributed by atoms with Gasteiger partial charge in [-0.15, -0.1) is 11.3 Å². The number of nitrogen functional groups attached to an aromatic ring is 1. The number of carbonyl (C=O) groups is 2. The van der Waals surface area contributed by atoms with Crippen molar-refractivity contribution in [2.75, 3.05) is 17.7 Å². The van der Waals surface area contributed by atoms with Gasteiger partial charge in [0.05, 0.1) is 22.7 Å². The second-order valence-electron chi connectivity index (χ2n) is 8.93. The number of carbonyl (C=O) groups excluding carboxylic acids is 2. The maximum atomic E-state index is 12.5. The lowest BCUT2D eigenvalue weighted by molar-refractivity contribution is -0.139. The Balaban J connectivity index is 1.38. The standard InChI is InChI=1S/C28H25N5O4S/c1-15(22-16(2)37-33-24(22)17-6-4-3-5-7-17)25-23(30)20(14-29)27(38-25)31-19-10-8-18(9-11-19)26(34)32-21-12-13-36-28(21)35/h4,6-11,21,31H,1,3,5,12-13,30H2,2H3,(H,32,34). The second-order valence-corrected chi connectivity index (χ2v) is 9.95. The molecule has 1 fully saturated rings. The number of aromatic nitrogens is 1. The number of nitrogens with one attached hydrogen (secondary N) is 2. The summed E-state index contributed by atoms with van der Waals surface area (Å²) in [6, 6.07) is 8.27. The molecule has 192 valence electrons. The maximum Gasteiger partial charge on any atom is 0.328 e. The first-order valence-corrected chi connectivity index (χ1v) is 12.9. The van der Waals surface area contributed by atoms with Crippen LogP contribution >= 0.6 is 11.3 Å². The van der Waals surface area contributed by atoms with Crippen LogP contribution in [0.1, 0.15) is 57.1 Å². The van der Waals surface area contributed by atoms with E-state index in [2.05, 4.69) is 40.6 Å². The predicted octanol–water partition coefficient (Wildman–Crippen LogP) is 5.08. The fourth-order valence-corrected chi connectivity index (χ4v) is 5.47. The third-order valence-corrected chi connectivity index (χ3v) is 7.59. The van der Waals surface area contributed by atoms with Crippen LogP contribution in [0.3, 0.4) is 0 Å². The highest BCUT2D eigenvalue weighted by Gasteiger charge is 2.28. The van der Waals surface area contributed by atoms with E-state index in [1.165, 1.54) is 11.3 Å². The average Bonchev–Trinajstić information content (AvgIpc) is 3.61. The molecule has 0 saturated carbocycles. The van der Waals surface area contributed by atoms with Crippen molar-refractivity contribution in [2.24, 2.45) is 0 Å². The fraction of sp³-hybridized carbons (Fsp3) is 0.214. The summed E-state index contributed by atoms with van der Waals surface area (Å²) in [5.41, 5.74) is 11.2. The van der Waals surface area contributed by atoms with Gasteiger partial charge >= 0.3 is 5.97 Å². The zero-order valence-corrected chi connectivity index (χ0v) is 21.5. The van der Waals surface area contributed by atoms with E-state index in [0.29, 0.717) is 62.4 Å². The number of rotatable bonds is 7. The van der Waals surface area contributed by atoms with Crippen LogP contribution in [0.5, 0.6) is 0 Å². The average molecular weight is 528 g/mol. The summed E-state index contributed by atoms with van der Waals surface area (Å²) in [6.07, 6.45) is 8.59. The minimum Gasteiger partial charge on any atom is -0.464 e. The molecule has 1 unspecified atom stereocenters. The number of allylic oxidation sites excluding steroid dienone is 4. The molecule has 9 nitrogen and oxygen atoms in total. The molecule has 1 saturated heterocycles. The van der Waals surface area contributed by atoms with E-state index < -0.39 is 12.0 Å². The predicted molar refractivity (Wildman–Crippen MR) is 146 cm³/mol. The second kappa shape index (κ2) is 10.4. The molecule has 10 heteroatoms. The number of hydrogen-bond donors (Lipinski definition) is 3. The van der Waals surface area contributed by atoms with Gasteiger partial charge in [-0.3, -0.25) is 4.79 Å². The van der Waals surface area contributed by atoms with E-state index in [0.717, 1.165) is 24.0 Å². The maximum absolute atomic E-state index is 12.5. The number of nitriles is 1. The number of aryl methyl sites for hydroxylation is 1. The molecule has 2 aromatic heterocycles. The van der Waals surface area contributed by atoms with Crippen molar-refractivity contribution in [3.63, 3.8) is 0 Å². The molecule has 0 radical (unpaired) electrons. The van der Waals surface area contributed by atoms with Crippen LogP contribution in [0.2, 0.25) is 0 Å². The molecule has 1 aliphatic heterocycles. The summed E-state index contributed by atoms with van der Waals surface area (Å²) in [6.45, 7) is 6.41. The largest absolute Gasteiger partial charge is 0.464 e. The van der Waals surface area contributed by atoms with Gasteiger partial charge in [-0.25, -0.2) is 4.79 Å². The molecule has 3 heterocycles. The number of nitrogens with two attached hydrogens (primary N) is 1. The lowest BCUT2D eigenvalue weighted by atomic mass is 9.95. The van der Waals surface area contributed by atoms with E-state index in [-0.39, 0.29) is 5.91 Å². The molecular weight excluding hydrogens is 502 g/mol. The third-order valence-electron chi connectivity index (χ3n) is 6.41. The highest BCUT2D eigenvalue weighted by Crippen LogP contribution is 2.44. The molecular formula is C28H25N5O4S. The Kier molecular flexibility index (Phi) is 6.85. The van der Waals surface area contributed by atoms with E-state index in [1.54, 1.807) is 24.3 Å². The number of amides is 1. The first-order valence-electron chi connectivity index (χ1n) is 12.1. The number of esters is 1. The van der Waals surface area contributed by atoms with Gasteiger partial charge in [-0.2, -0.15) is 5.26 Å². The van der Waals surface area contributed by atoms with Crippen LogP contribution in [0.4, 0.5) is 16.4 Å². The number of benzene rings is 1.